The Labute approximate surface area is 157 Å². The van der Waals surface area contributed by atoms with E-state index in [1.807, 2.05) is 0 Å². The molecular weight excluding hydrogens is 383 g/mol. The molecule has 0 saturated carbocycles. The summed E-state index contributed by atoms with van der Waals surface area (Å²) in [7, 11) is -3.73. The number of nitrogens with zero attached hydrogens (tertiary/aromatic N) is 1. The number of benzene rings is 1. The van der Waals surface area contributed by atoms with Crippen LogP contribution in [0.2, 0.25) is 0 Å². The average Bonchev–Trinajstić information content (AvgIpc) is 2.58. The molecule has 1 unspecified atom stereocenters. The largest absolute Gasteiger partial charge is 0.416 e. The minimum Gasteiger partial charge on any atom is -0.369 e. The van der Waals surface area contributed by atoms with Gasteiger partial charge in [0.05, 0.1) is 17.2 Å². The maximum Gasteiger partial charge on any atom is 0.416 e. The number of halogens is 3. The zero-order valence-corrected chi connectivity index (χ0v) is 15.7. The molecule has 2 rings (SSSR count). The number of nitrogens with two attached hydrogens (primary N) is 1. The maximum atomic E-state index is 12.7. The number of rotatable bonds is 8. The highest BCUT2D eigenvalue weighted by Crippen LogP contribution is 2.29. The van der Waals surface area contributed by atoms with Gasteiger partial charge in [0.1, 0.15) is 0 Å². The van der Waals surface area contributed by atoms with Crippen LogP contribution in [0.4, 0.5) is 13.2 Å². The topological polar surface area (TPSA) is 92.5 Å². The third kappa shape index (κ3) is 7.11. The third-order valence-electron chi connectivity index (χ3n) is 4.49. The fourth-order valence-electron chi connectivity index (χ4n) is 3.13. The summed E-state index contributed by atoms with van der Waals surface area (Å²) in [6.45, 7) is 2.21. The van der Waals surface area contributed by atoms with Crippen LogP contribution < -0.4 is 10.5 Å². The van der Waals surface area contributed by atoms with Gasteiger partial charge in [-0.05, 0) is 44.0 Å². The van der Waals surface area contributed by atoms with Gasteiger partial charge in [-0.2, -0.15) is 13.2 Å². The van der Waals surface area contributed by atoms with Gasteiger partial charge in [-0.25, -0.2) is 13.1 Å². The summed E-state index contributed by atoms with van der Waals surface area (Å²) in [5.41, 5.74) is 4.53. The Bertz CT molecular complexity index is 753. The van der Waals surface area contributed by atoms with E-state index in [1.165, 1.54) is 12.1 Å². The molecular formula is C17H24F3N3O3S. The minimum atomic E-state index is -4.51. The molecule has 27 heavy (non-hydrogen) atoms. The van der Waals surface area contributed by atoms with Crippen LogP contribution in [0.1, 0.15) is 30.4 Å². The quantitative estimate of drug-likeness (QED) is 0.642. The summed E-state index contributed by atoms with van der Waals surface area (Å²) in [5.74, 6) is -0.998. The number of amides is 1. The van der Waals surface area contributed by atoms with Crippen LogP contribution in [0.3, 0.4) is 0 Å². The lowest BCUT2D eigenvalue weighted by molar-refractivity contribution is -0.137. The van der Waals surface area contributed by atoms with Crippen molar-refractivity contribution in [2.24, 2.45) is 11.7 Å². The summed E-state index contributed by atoms with van der Waals surface area (Å²) in [4.78, 5) is 13.3. The van der Waals surface area contributed by atoms with Crippen molar-refractivity contribution < 1.29 is 26.4 Å². The highest BCUT2D eigenvalue weighted by atomic mass is 32.2. The smallest absolute Gasteiger partial charge is 0.369 e. The van der Waals surface area contributed by atoms with E-state index in [9.17, 15) is 26.4 Å². The number of alkyl halides is 3. The molecule has 0 aromatic heterocycles. The molecule has 0 aliphatic carbocycles. The van der Waals surface area contributed by atoms with Gasteiger partial charge in [0, 0.05) is 13.1 Å². The molecule has 6 nitrogen and oxygen atoms in total. The Balaban J connectivity index is 1.79. The van der Waals surface area contributed by atoms with Gasteiger partial charge in [-0.1, -0.05) is 18.2 Å². The fraction of sp³-hybridized carbons (Fsp3) is 0.588. The van der Waals surface area contributed by atoms with Crippen LogP contribution in [0, 0.1) is 5.92 Å². The molecule has 0 spiro atoms. The molecule has 1 amide bonds. The number of piperidine rings is 1. The minimum absolute atomic E-state index is 0.0812. The first-order valence-electron chi connectivity index (χ1n) is 8.72. The zero-order chi connectivity index (χ0) is 20.1. The van der Waals surface area contributed by atoms with Gasteiger partial charge >= 0.3 is 6.18 Å². The summed E-state index contributed by atoms with van der Waals surface area (Å²) in [6.07, 6.45) is -2.33. The fourth-order valence-corrected chi connectivity index (χ4v) is 4.30. The van der Waals surface area contributed by atoms with E-state index < -0.39 is 27.5 Å². The Hall–Kier alpha value is -1.65. The van der Waals surface area contributed by atoms with Gasteiger partial charge in [-0.15, -0.1) is 0 Å². The van der Waals surface area contributed by atoms with Crippen molar-refractivity contribution in [1.82, 2.24) is 9.62 Å². The molecule has 1 aliphatic heterocycles. The highest BCUT2D eigenvalue weighted by molar-refractivity contribution is 7.88. The SMILES string of the molecule is NC(=O)C1CCCN(CCCNS(=O)(=O)Cc2cccc(C(F)(F)F)c2)C1. The first-order chi connectivity index (χ1) is 12.6. The third-order valence-corrected chi connectivity index (χ3v) is 5.85. The van der Waals surface area contributed by atoms with Crippen molar-refractivity contribution in [3.63, 3.8) is 0 Å². The van der Waals surface area contributed by atoms with Gasteiger partial charge < -0.3 is 10.6 Å². The Morgan fingerprint density at radius 1 is 1.33 bits per heavy atom. The van der Waals surface area contributed by atoms with E-state index in [0.717, 1.165) is 31.5 Å². The van der Waals surface area contributed by atoms with Crippen LogP contribution >= 0.6 is 0 Å². The second-order valence-electron chi connectivity index (χ2n) is 6.75. The molecule has 0 bridgehead atoms. The van der Waals surface area contributed by atoms with Crippen LogP contribution in [0.15, 0.2) is 24.3 Å². The molecule has 152 valence electrons. The van der Waals surface area contributed by atoms with E-state index in [2.05, 4.69) is 9.62 Å². The molecule has 1 aromatic rings. The van der Waals surface area contributed by atoms with E-state index in [0.29, 0.717) is 19.5 Å². The van der Waals surface area contributed by atoms with Crippen molar-refractivity contribution in [1.29, 1.82) is 0 Å². The molecule has 3 N–H and O–H groups in total. The van der Waals surface area contributed by atoms with Crippen LogP contribution in [-0.2, 0) is 26.7 Å². The Kier molecular flexibility index (Phi) is 7.24. The molecule has 1 heterocycles. The highest BCUT2D eigenvalue weighted by Gasteiger charge is 2.30. The average molecular weight is 407 g/mol. The number of likely N-dealkylation sites (tertiary alicyclic amines) is 1. The molecule has 1 aliphatic rings. The van der Waals surface area contributed by atoms with Crippen molar-refractivity contribution in [2.45, 2.75) is 31.2 Å². The Morgan fingerprint density at radius 3 is 2.74 bits per heavy atom. The molecule has 1 saturated heterocycles. The number of carbonyl (C=O) groups is 1. The van der Waals surface area contributed by atoms with E-state index in [1.54, 1.807) is 0 Å². The Morgan fingerprint density at radius 2 is 2.07 bits per heavy atom. The van der Waals surface area contributed by atoms with Crippen molar-refractivity contribution in [2.75, 3.05) is 26.2 Å². The summed E-state index contributed by atoms with van der Waals surface area (Å²) < 4.78 is 64.7. The van der Waals surface area contributed by atoms with Gasteiger partial charge in [-0.3, -0.25) is 4.79 Å². The number of hydrogen-bond acceptors (Lipinski definition) is 4. The number of primary amides is 1. The normalized spacial score (nSPS) is 19.1. The van der Waals surface area contributed by atoms with Gasteiger partial charge in [0.15, 0.2) is 0 Å². The molecule has 1 fully saturated rings. The first kappa shape index (κ1) is 21.6. The summed E-state index contributed by atoms with van der Waals surface area (Å²) in [5, 5.41) is 0. The van der Waals surface area contributed by atoms with Crippen LogP contribution in [0.25, 0.3) is 0 Å². The zero-order valence-electron chi connectivity index (χ0n) is 14.8. The summed E-state index contributed by atoms with van der Waals surface area (Å²) in [6, 6.07) is 4.30. The van der Waals surface area contributed by atoms with Crippen molar-refractivity contribution in [3.8, 4) is 0 Å². The second-order valence-corrected chi connectivity index (χ2v) is 8.55. The number of hydrogen-bond donors (Lipinski definition) is 2. The second kappa shape index (κ2) is 9.03. The lowest BCUT2D eigenvalue weighted by Gasteiger charge is -2.31. The van der Waals surface area contributed by atoms with Crippen molar-refractivity contribution in [3.05, 3.63) is 35.4 Å². The lowest BCUT2D eigenvalue weighted by Crippen LogP contribution is -2.42. The number of carbonyl (C=O) groups excluding carboxylic acids is 1. The van der Waals surface area contributed by atoms with Crippen LogP contribution in [0.5, 0.6) is 0 Å². The lowest BCUT2D eigenvalue weighted by atomic mass is 9.97. The first-order valence-corrected chi connectivity index (χ1v) is 10.4. The van der Waals surface area contributed by atoms with E-state index in [-0.39, 0.29) is 23.9 Å². The maximum absolute atomic E-state index is 12.7. The summed E-state index contributed by atoms with van der Waals surface area (Å²) >= 11 is 0. The number of nitrogens with one attached hydrogen (secondary N) is 1. The predicted octanol–water partition coefficient (Wildman–Crippen LogP) is 1.71. The molecule has 0 radical (unpaired) electrons. The molecule has 1 atom stereocenters. The monoisotopic (exact) mass is 407 g/mol. The van der Waals surface area contributed by atoms with Crippen LogP contribution in [-0.4, -0.2) is 45.4 Å². The molecule has 10 heteroatoms. The van der Waals surface area contributed by atoms with E-state index in [4.69, 9.17) is 5.73 Å². The molecule has 1 aromatic carbocycles. The standard InChI is InChI=1S/C17H24F3N3O3S/c18-17(19,20)15-6-1-4-13(10-15)12-27(25,26)22-7-3-9-23-8-2-5-14(11-23)16(21)24/h1,4,6,10,14,22H,2-3,5,7-9,11-12H2,(H2,21,24). The van der Waals surface area contributed by atoms with Gasteiger partial charge in [0.25, 0.3) is 0 Å². The van der Waals surface area contributed by atoms with Crippen molar-refractivity contribution >= 4 is 15.9 Å². The predicted molar refractivity (Wildman–Crippen MR) is 95.0 cm³/mol. The van der Waals surface area contributed by atoms with Gasteiger partial charge in [0.2, 0.25) is 15.9 Å². The number of sulfonamides is 1. The van der Waals surface area contributed by atoms with E-state index >= 15 is 0 Å².